The summed E-state index contributed by atoms with van der Waals surface area (Å²) < 4.78 is 39.2. The van der Waals surface area contributed by atoms with Gasteiger partial charge in [0.1, 0.15) is 18.0 Å². The van der Waals surface area contributed by atoms with Crippen molar-refractivity contribution < 1.29 is 27.6 Å². The lowest BCUT2D eigenvalue weighted by Crippen LogP contribution is -2.40. The Kier molecular flexibility index (Phi) is 8.21. The van der Waals surface area contributed by atoms with Gasteiger partial charge in [0, 0.05) is 17.7 Å². The summed E-state index contributed by atoms with van der Waals surface area (Å²) in [5, 5.41) is 19.7. The maximum atomic E-state index is 13.9. The number of nitro benzene ring substituents is 1. The third kappa shape index (κ3) is 5.81. The first-order chi connectivity index (χ1) is 20.7. The Labute approximate surface area is 247 Å². The summed E-state index contributed by atoms with van der Waals surface area (Å²) in [6.07, 6.45) is 1.51. The van der Waals surface area contributed by atoms with Crippen LogP contribution < -0.4 is 19.2 Å². The van der Waals surface area contributed by atoms with Crippen molar-refractivity contribution in [2.45, 2.75) is 4.90 Å². The number of anilines is 1. The van der Waals surface area contributed by atoms with Gasteiger partial charge in [-0.05, 0) is 45.8 Å². The van der Waals surface area contributed by atoms with E-state index < -0.39 is 38.0 Å². The molecule has 0 bridgehead atoms. The maximum Gasteiger partial charge on any atom is 0.289 e. The number of nitrogens with zero attached hydrogens (tertiary/aromatic N) is 3. The highest BCUT2D eigenvalue weighted by molar-refractivity contribution is 7.93. The summed E-state index contributed by atoms with van der Waals surface area (Å²) in [6.45, 7) is -0.759. The summed E-state index contributed by atoms with van der Waals surface area (Å²) in [4.78, 5) is 23.6. The van der Waals surface area contributed by atoms with Crippen LogP contribution in [0, 0.1) is 10.1 Å². The number of nitro groups is 1. The Morgan fingerprint density at radius 1 is 0.907 bits per heavy atom. The van der Waals surface area contributed by atoms with Crippen molar-refractivity contribution in [3.05, 3.63) is 113 Å². The smallest absolute Gasteiger partial charge is 0.289 e. The SMILES string of the molecule is COc1ccc(N(CC(=O)N/N=C/c2c3ccccc3cc3ccccc23)S(=O)(=O)c2ccccc2[N+](=O)[O-])c(OC)c1. The van der Waals surface area contributed by atoms with Gasteiger partial charge in [-0.15, -0.1) is 0 Å². The zero-order valence-electron chi connectivity index (χ0n) is 23.1. The maximum absolute atomic E-state index is 13.9. The van der Waals surface area contributed by atoms with E-state index in [0.29, 0.717) is 5.75 Å². The first-order valence-electron chi connectivity index (χ1n) is 12.9. The Bertz CT molecular complexity index is 1940. The van der Waals surface area contributed by atoms with Gasteiger partial charge < -0.3 is 9.47 Å². The number of hydrazone groups is 1. The molecule has 0 radical (unpaired) electrons. The molecule has 5 aromatic carbocycles. The molecule has 0 aliphatic heterocycles. The molecule has 0 fully saturated rings. The largest absolute Gasteiger partial charge is 0.497 e. The molecule has 11 nitrogen and oxygen atoms in total. The molecule has 0 aromatic heterocycles. The van der Waals surface area contributed by atoms with Crippen LogP contribution in [0.3, 0.4) is 0 Å². The number of para-hydroxylation sites is 1. The van der Waals surface area contributed by atoms with E-state index in [0.717, 1.165) is 43.5 Å². The van der Waals surface area contributed by atoms with Gasteiger partial charge in [0.15, 0.2) is 4.90 Å². The second-order valence-electron chi connectivity index (χ2n) is 9.30. The zero-order valence-corrected chi connectivity index (χ0v) is 23.9. The van der Waals surface area contributed by atoms with Crippen LogP contribution >= 0.6 is 0 Å². The van der Waals surface area contributed by atoms with Gasteiger partial charge in [0.25, 0.3) is 21.6 Å². The average Bonchev–Trinajstić information content (AvgIpc) is 3.02. The summed E-state index contributed by atoms with van der Waals surface area (Å²) in [5.41, 5.74) is 2.52. The van der Waals surface area contributed by atoms with Gasteiger partial charge in [0.2, 0.25) is 0 Å². The lowest BCUT2D eigenvalue weighted by molar-refractivity contribution is -0.387. The Morgan fingerprint density at radius 3 is 2.16 bits per heavy atom. The molecule has 0 saturated carbocycles. The number of benzene rings is 5. The third-order valence-corrected chi connectivity index (χ3v) is 8.58. The highest BCUT2D eigenvalue weighted by Crippen LogP contribution is 2.37. The van der Waals surface area contributed by atoms with Gasteiger partial charge in [-0.25, -0.2) is 13.8 Å². The highest BCUT2D eigenvalue weighted by atomic mass is 32.2. The van der Waals surface area contributed by atoms with Crippen molar-refractivity contribution in [2.75, 3.05) is 25.1 Å². The quantitative estimate of drug-likeness (QED) is 0.100. The van der Waals surface area contributed by atoms with Crippen LogP contribution in [0.25, 0.3) is 21.5 Å². The first-order valence-corrected chi connectivity index (χ1v) is 14.4. The predicted octanol–water partition coefficient (Wildman–Crippen LogP) is 5.26. The van der Waals surface area contributed by atoms with Gasteiger partial charge in [-0.2, -0.15) is 5.10 Å². The standard InChI is InChI=1S/C31H26N4O7S/c1-41-23-15-16-27(29(18-23)42-2)34(43(39,40)30-14-8-7-13-28(30)35(37)38)20-31(36)33-32-19-26-24-11-5-3-9-21(24)17-22-10-4-6-12-25(22)26/h3-19H,20H2,1-2H3,(H,33,36)/b32-19+. The summed E-state index contributed by atoms with van der Waals surface area (Å²) >= 11 is 0. The second-order valence-corrected chi connectivity index (χ2v) is 11.1. The van der Waals surface area contributed by atoms with Gasteiger partial charge in [0.05, 0.1) is 31.0 Å². The average molecular weight is 599 g/mol. The van der Waals surface area contributed by atoms with Gasteiger partial charge >= 0.3 is 0 Å². The normalized spacial score (nSPS) is 11.5. The molecule has 5 aromatic rings. The number of rotatable bonds is 10. The van der Waals surface area contributed by atoms with Crippen molar-refractivity contribution in [1.29, 1.82) is 0 Å². The molecule has 0 atom stereocenters. The molecule has 0 heterocycles. The molecule has 1 N–H and O–H groups in total. The fourth-order valence-electron chi connectivity index (χ4n) is 4.76. The molecule has 0 aliphatic carbocycles. The molecule has 0 saturated heterocycles. The molecule has 218 valence electrons. The number of ether oxygens (including phenoxy) is 2. The number of carbonyl (C=O) groups excluding carboxylic acids is 1. The minimum Gasteiger partial charge on any atom is -0.497 e. The van der Waals surface area contributed by atoms with Crippen molar-refractivity contribution >= 4 is 55.1 Å². The first kappa shape index (κ1) is 29.0. The van der Waals surface area contributed by atoms with E-state index in [-0.39, 0.29) is 11.4 Å². The van der Waals surface area contributed by atoms with E-state index in [1.54, 1.807) is 0 Å². The third-order valence-electron chi connectivity index (χ3n) is 6.77. The summed E-state index contributed by atoms with van der Waals surface area (Å²) in [7, 11) is -1.90. The van der Waals surface area contributed by atoms with Gasteiger partial charge in [-0.3, -0.25) is 19.2 Å². The molecular weight excluding hydrogens is 572 g/mol. The minimum absolute atomic E-state index is 0.0272. The number of nitrogens with one attached hydrogen (secondary N) is 1. The van der Waals surface area contributed by atoms with Crippen LogP contribution in [0.15, 0.2) is 107 Å². The Morgan fingerprint density at radius 2 is 1.53 bits per heavy atom. The number of amides is 1. The zero-order chi connectivity index (χ0) is 30.6. The molecule has 0 spiro atoms. The molecular formula is C31H26N4O7S. The number of fused-ring (bicyclic) bond motifs is 2. The summed E-state index contributed by atoms with van der Waals surface area (Å²) in [5.74, 6) is -0.346. The molecule has 0 aliphatic rings. The number of sulfonamides is 1. The van der Waals surface area contributed by atoms with Crippen LogP contribution in [-0.2, 0) is 14.8 Å². The predicted molar refractivity (Wildman–Crippen MR) is 164 cm³/mol. The number of hydrogen-bond acceptors (Lipinski definition) is 8. The van der Waals surface area contributed by atoms with E-state index >= 15 is 0 Å². The Hall–Kier alpha value is -5.49. The number of carbonyl (C=O) groups is 1. The van der Waals surface area contributed by atoms with E-state index in [1.165, 1.54) is 50.8 Å². The van der Waals surface area contributed by atoms with Crippen molar-refractivity contribution in [1.82, 2.24) is 5.43 Å². The minimum atomic E-state index is -4.65. The van der Waals surface area contributed by atoms with E-state index in [9.17, 15) is 23.3 Å². The molecule has 0 unspecified atom stereocenters. The van der Waals surface area contributed by atoms with Crippen LogP contribution in [0.4, 0.5) is 11.4 Å². The lowest BCUT2D eigenvalue weighted by atomic mass is 9.97. The van der Waals surface area contributed by atoms with Gasteiger partial charge in [-0.1, -0.05) is 60.7 Å². The van der Waals surface area contributed by atoms with Crippen LogP contribution in [-0.4, -0.2) is 46.2 Å². The number of methoxy groups -OCH3 is 2. The van der Waals surface area contributed by atoms with E-state index in [2.05, 4.69) is 16.6 Å². The number of hydrogen-bond donors (Lipinski definition) is 1. The molecule has 12 heteroatoms. The Balaban J connectivity index is 1.52. The van der Waals surface area contributed by atoms with E-state index in [4.69, 9.17) is 9.47 Å². The van der Waals surface area contributed by atoms with Crippen LogP contribution in [0.2, 0.25) is 0 Å². The van der Waals surface area contributed by atoms with Crippen LogP contribution in [0.1, 0.15) is 5.56 Å². The van der Waals surface area contributed by atoms with Crippen molar-refractivity contribution in [3.8, 4) is 11.5 Å². The fraction of sp³-hybridized carbons (Fsp3) is 0.0968. The molecule has 1 amide bonds. The highest BCUT2D eigenvalue weighted by Gasteiger charge is 2.34. The van der Waals surface area contributed by atoms with E-state index in [1.807, 2.05) is 48.5 Å². The monoisotopic (exact) mass is 598 g/mol. The topological polar surface area (TPSA) is 140 Å². The summed E-state index contributed by atoms with van der Waals surface area (Å²) in [6, 6.07) is 26.8. The molecule has 5 rings (SSSR count). The fourth-order valence-corrected chi connectivity index (χ4v) is 6.35. The lowest BCUT2D eigenvalue weighted by Gasteiger charge is -2.25. The van der Waals surface area contributed by atoms with Crippen molar-refractivity contribution in [3.63, 3.8) is 0 Å². The molecule has 43 heavy (non-hydrogen) atoms. The second kappa shape index (κ2) is 12.2. The van der Waals surface area contributed by atoms with Crippen molar-refractivity contribution in [2.24, 2.45) is 5.10 Å². The van der Waals surface area contributed by atoms with Crippen LogP contribution in [0.5, 0.6) is 11.5 Å².